The zero-order valence-electron chi connectivity index (χ0n) is 18.8. The lowest BCUT2D eigenvalue weighted by molar-refractivity contribution is 0.236. The van der Waals surface area contributed by atoms with Gasteiger partial charge in [0, 0.05) is 33.3 Å². The minimum absolute atomic E-state index is 0. The predicted octanol–water partition coefficient (Wildman–Crippen LogP) is 7.70. The Morgan fingerprint density at radius 1 is 0.933 bits per heavy atom. The number of benzene rings is 2. The maximum absolute atomic E-state index is 6.31. The van der Waals surface area contributed by atoms with E-state index in [9.17, 15) is 0 Å². The summed E-state index contributed by atoms with van der Waals surface area (Å²) in [4.78, 5) is 0. The van der Waals surface area contributed by atoms with Crippen LogP contribution in [0, 0.1) is 5.41 Å². The second-order valence-electron chi connectivity index (χ2n) is 9.18. The molecule has 0 radical (unpaired) electrons. The van der Waals surface area contributed by atoms with E-state index in [1.807, 2.05) is 31.2 Å². The van der Waals surface area contributed by atoms with E-state index in [1.54, 1.807) is 6.07 Å². The van der Waals surface area contributed by atoms with Crippen molar-refractivity contribution in [3.8, 4) is 11.5 Å². The summed E-state index contributed by atoms with van der Waals surface area (Å²) < 4.78 is 12.0. The Labute approximate surface area is 197 Å². The van der Waals surface area contributed by atoms with Gasteiger partial charge in [0.25, 0.3) is 0 Å². The van der Waals surface area contributed by atoms with Gasteiger partial charge >= 0.3 is 0 Å². The third-order valence-corrected chi connectivity index (χ3v) is 5.06. The highest BCUT2D eigenvalue weighted by Gasteiger charge is 2.25. The Morgan fingerprint density at radius 2 is 1.63 bits per heavy atom. The van der Waals surface area contributed by atoms with Gasteiger partial charge < -0.3 is 14.8 Å². The third kappa shape index (κ3) is 8.55. The van der Waals surface area contributed by atoms with E-state index >= 15 is 0 Å². The molecule has 0 fully saturated rings. The van der Waals surface area contributed by atoms with Gasteiger partial charge in [-0.05, 0) is 50.8 Å². The first-order valence-corrected chi connectivity index (χ1v) is 10.8. The molecule has 0 aliphatic rings. The van der Waals surface area contributed by atoms with E-state index in [0.29, 0.717) is 29.8 Å². The summed E-state index contributed by atoms with van der Waals surface area (Å²) in [7, 11) is 0. The second kappa shape index (κ2) is 11.5. The number of ether oxygens (including phenoxy) is 2. The Bertz CT molecular complexity index is 817. The summed E-state index contributed by atoms with van der Waals surface area (Å²) in [5.41, 5.74) is 2.18. The highest BCUT2D eigenvalue weighted by atomic mass is 35.5. The van der Waals surface area contributed by atoms with Crippen LogP contribution in [0.25, 0.3) is 0 Å². The van der Waals surface area contributed by atoms with Crippen LogP contribution in [0.4, 0.5) is 0 Å². The molecule has 2 aromatic rings. The van der Waals surface area contributed by atoms with E-state index in [1.165, 1.54) is 0 Å². The van der Waals surface area contributed by atoms with Crippen LogP contribution in [0.2, 0.25) is 10.0 Å². The minimum Gasteiger partial charge on any atom is -0.490 e. The average molecular weight is 475 g/mol. The fourth-order valence-corrected chi connectivity index (χ4v) is 4.11. The molecule has 0 amide bonds. The zero-order valence-corrected chi connectivity index (χ0v) is 21.1. The Kier molecular flexibility index (Phi) is 10.3. The number of hydrogen-bond acceptors (Lipinski definition) is 3. The van der Waals surface area contributed by atoms with Crippen molar-refractivity contribution in [2.45, 2.75) is 66.7 Å². The van der Waals surface area contributed by atoms with Gasteiger partial charge in [-0.3, -0.25) is 0 Å². The number of rotatable bonds is 9. The van der Waals surface area contributed by atoms with Crippen molar-refractivity contribution in [1.82, 2.24) is 5.32 Å². The molecule has 2 rings (SSSR count). The first kappa shape index (κ1) is 26.9. The smallest absolute Gasteiger partial charge is 0.166 e. The lowest BCUT2D eigenvalue weighted by atomic mass is 9.81. The lowest BCUT2D eigenvalue weighted by Gasteiger charge is -2.33. The molecule has 0 bridgehead atoms. The standard InChI is InChI=1S/C24H33Cl2NO2.ClH/c1-7-28-21-10-8-9-17(14-27-24(5,6)16-23(2,3)4)22(21)29-15-18-11-12-19(25)13-20(18)26;/h8-13,27H,7,14-16H2,1-6H3;1H. The van der Waals surface area contributed by atoms with Gasteiger partial charge in [0.2, 0.25) is 0 Å². The van der Waals surface area contributed by atoms with Gasteiger partial charge in [-0.2, -0.15) is 0 Å². The molecule has 1 N–H and O–H groups in total. The van der Waals surface area contributed by atoms with Crippen LogP contribution < -0.4 is 14.8 Å². The Balaban J connectivity index is 0.00000450. The summed E-state index contributed by atoms with van der Waals surface area (Å²) in [5, 5.41) is 4.88. The van der Waals surface area contributed by atoms with Gasteiger partial charge in [0.15, 0.2) is 11.5 Å². The molecule has 0 saturated carbocycles. The van der Waals surface area contributed by atoms with Crippen LogP contribution in [0.5, 0.6) is 11.5 Å². The maximum atomic E-state index is 6.31. The normalized spacial score (nSPS) is 11.7. The molecule has 30 heavy (non-hydrogen) atoms. The molecule has 0 unspecified atom stereocenters. The highest BCUT2D eigenvalue weighted by molar-refractivity contribution is 6.35. The van der Waals surface area contributed by atoms with Gasteiger partial charge in [-0.15, -0.1) is 12.4 Å². The number of para-hydroxylation sites is 1. The van der Waals surface area contributed by atoms with E-state index in [-0.39, 0.29) is 23.4 Å². The summed E-state index contributed by atoms with van der Waals surface area (Å²) in [5.74, 6) is 1.49. The molecule has 0 aromatic heterocycles. The van der Waals surface area contributed by atoms with E-state index in [2.05, 4.69) is 46.0 Å². The van der Waals surface area contributed by atoms with Crippen LogP contribution in [-0.2, 0) is 13.2 Å². The second-order valence-corrected chi connectivity index (χ2v) is 10.0. The van der Waals surface area contributed by atoms with Crippen LogP contribution in [-0.4, -0.2) is 12.1 Å². The molecule has 168 valence electrons. The maximum Gasteiger partial charge on any atom is 0.166 e. The first-order chi connectivity index (χ1) is 13.5. The van der Waals surface area contributed by atoms with E-state index < -0.39 is 0 Å². The molecule has 3 nitrogen and oxygen atoms in total. The summed E-state index contributed by atoms with van der Waals surface area (Å²) >= 11 is 12.3. The van der Waals surface area contributed by atoms with E-state index in [4.69, 9.17) is 32.7 Å². The van der Waals surface area contributed by atoms with Crippen LogP contribution >= 0.6 is 35.6 Å². The van der Waals surface area contributed by atoms with Crippen molar-refractivity contribution >= 4 is 35.6 Å². The molecule has 0 saturated heterocycles. The van der Waals surface area contributed by atoms with Gasteiger partial charge in [-0.25, -0.2) is 0 Å². The first-order valence-electron chi connectivity index (χ1n) is 10.1. The quantitative estimate of drug-likeness (QED) is 0.404. The monoisotopic (exact) mass is 473 g/mol. The lowest BCUT2D eigenvalue weighted by Crippen LogP contribution is -2.41. The summed E-state index contributed by atoms with van der Waals surface area (Å²) in [6, 6.07) is 11.4. The molecule has 0 atom stereocenters. The van der Waals surface area contributed by atoms with Crippen molar-refractivity contribution < 1.29 is 9.47 Å². The van der Waals surface area contributed by atoms with Crippen LogP contribution in [0.3, 0.4) is 0 Å². The number of hydrogen-bond donors (Lipinski definition) is 1. The molecule has 2 aromatic carbocycles. The van der Waals surface area contributed by atoms with Crippen molar-refractivity contribution in [3.63, 3.8) is 0 Å². The molecule has 0 spiro atoms. The highest BCUT2D eigenvalue weighted by Crippen LogP contribution is 2.34. The molecule has 0 aliphatic carbocycles. The van der Waals surface area contributed by atoms with E-state index in [0.717, 1.165) is 29.0 Å². The van der Waals surface area contributed by atoms with Crippen molar-refractivity contribution in [2.24, 2.45) is 5.41 Å². The SMILES string of the molecule is CCOc1cccc(CNC(C)(C)CC(C)(C)C)c1OCc1ccc(Cl)cc1Cl.Cl. The van der Waals surface area contributed by atoms with Crippen molar-refractivity contribution in [2.75, 3.05) is 6.61 Å². The van der Waals surface area contributed by atoms with Gasteiger partial charge in [0.05, 0.1) is 6.61 Å². The summed E-state index contributed by atoms with van der Waals surface area (Å²) in [6.45, 7) is 14.8. The van der Waals surface area contributed by atoms with Crippen molar-refractivity contribution in [3.05, 3.63) is 57.6 Å². The van der Waals surface area contributed by atoms with Crippen LogP contribution in [0.15, 0.2) is 36.4 Å². The molecular formula is C24H34Cl3NO2. The third-order valence-electron chi connectivity index (χ3n) is 4.48. The molecule has 6 heteroatoms. The fraction of sp³-hybridized carbons (Fsp3) is 0.500. The average Bonchev–Trinajstić information content (AvgIpc) is 2.58. The Hall–Kier alpha value is -1.13. The predicted molar refractivity (Wildman–Crippen MR) is 131 cm³/mol. The minimum atomic E-state index is -0.00335. The molecule has 0 aliphatic heterocycles. The zero-order chi connectivity index (χ0) is 21.7. The molecular weight excluding hydrogens is 441 g/mol. The Morgan fingerprint density at radius 3 is 2.23 bits per heavy atom. The largest absolute Gasteiger partial charge is 0.490 e. The van der Waals surface area contributed by atoms with Gasteiger partial charge in [-0.1, -0.05) is 62.2 Å². The van der Waals surface area contributed by atoms with Crippen LogP contribution in [0.1, 0.15) is 59.1 Å². The topological polar surface area (TPSA) is 30.5 Å². The molecule has 0 heterocycles. The van der Waals surface area contributed by atoms with Gasteiger partial charge in [0.1, 0.15) is 6.61 Å². The van der Waals surface area contributed by atoms with Crippen molar-refractivity contribution in [1.29, 1.82) is 0 Å². The number of nitrogens with one attached hydrogen (secondary N) is 1. The number of halogens is 3. The fourth-order valence-electron chi connectivity index (χ4n) is 3.64. The summed E-state index contributed by atoms with van der Waals surface area (Å²) in [6.07, 6.45) is 1.06.